The Hall–Kier alpha value is -4.10. The monoisotopic (exact) mass is 528 g/mol. The predicted molar refractivity (Wildman–Crippen MR) is 152 cm³/mol. The maximum absolute atomic E-state index is 13.3. The Bertz CT molecular complexity index is 1340. The summed E-state index contributed by atoms with van der Waals surface area (Å²) in [6.45, 7) is 9.22. The lowest BCUT2D eigenvalue weighted by Crippen LogP contribution is -2.38. The van der Waals surface area contributed by atoms with Crippen molar-refractivity contribution in [3.05, 3.63) is 101 Å². The van der Waals surface area contributed by atoms with E-state index in [2.05, 4.69) is 24.8 Å². The largest absolute Gasteiger partial charge is 0.507 e. The number of rotatable bonds is 11. The van der Waals surface area contributed by atoms with Gasteiger partial charge >= 0.3 is 0 Å². The number of carbonyl (C=O) groups is 2. The zero-order valence-electron chi connectivity index (χ0n) is 23.0. The van der Waals surface area contributed by atoms with Crippen LogP contribution in [0.2, 0.25) is 0 Å². The number of aliphatic hydroxyl groups is 1. The second kappa shape index (κ2) is 12.6. The van der Waals surface area contributed by atoms with E-state index in [9.17, 15) is 14.7 Å². The van der Waals surface area contributed by atoms with E-state index in [-0.39, 0.29) is 11.3 Å². The SMILES string of the molecule is CCN(CC)CCN1C(=O)C(=O)/C(=C(\O)c2ccc(OCc3cccc(C)c3)cc2)C1c1cccc(OC)c1. The second-order valence-electron chi connectivity index (χ2n) is 9.60. The Kier molecular flexibility index (Phi) is 9.04. The molecular weight excluding hydrogens is 492 g/mol. The molecule has 0 spiro atoms. The van der Waals surface area contributed by atoms with Crippen LogP contribution in [-0.4, -0.2) is 59.9 Å². The predicted octanol–water partition coefficient (Wildman–Crippen LogP) is 5.35. The van der Waals surface area contributed by atoms with Gasteiger partial charge in [0.2, 0.25) is 0 Å². The van der Waals surface area contributed by atoms with Crippen LogP contribution in [0.4, 0.5) is 0 Å². The Labute approximate surface area is 230 Å². The van der Waals surface area contributed by atoms with Crippen LogP contribution in [0.3, 0.4) is 0 Å². The number of amides is 1. The van der Waals surface area contributed by atoms with Crippen molar-refractivity contribution in [3.8, 4) is 11.5 Å². The zero-order valence-corrected chi connectivity index (χ0v) is 23.0. The van der Waals surface area contributed by atoms with Crippen LogP contribution in [0.5, 0.6) is 11.5 Å². The van der Waals surface area contributed by atoms with Gasteiger partial charge in [-0.2, -0.15) is 0 Å². The lowest BCUT2D eigenvalue weighted by atomic mass is 9.95. The number of methoxy groups -OCH3 is 1. The van der Waals surface area contributed by atoms with E-state index in [1.54, 1.807) is 48.4 Å². The van der Waals surface area contributed by atoms with Gasteiger partial charge in [0.1, 0.15) is 23.9 Å². The number of likely N-dealkylation sites (tertiary alicyclic amines) is 1. The van der Waals surface area contributed by atoms with Crippen LogP contribution in [0.15, 0.2) is 78.4 Å². The zero-order chi connectivity index (χ0) is 27.9. The summed E-state index contributed by atoms with van der Waals surface area (Å²) in [5, 5.41) is 11.4. The molecule has 7 heteroatoms. The highest BCUT2D eigenvalue weighted by Gasteiger charge is 2.46. The van der Waals surface area contributed by atoms with E-state index in [1.165, 1.54) is 0 Å². The van der Waals surface area contributed by atoms with Crippen LogP contribution in [0.1, 0.15) is 42.1 Å². The van der Waals surface area contributed by atoms with Crippen LogP contribution in [0, 0.1) is 6.92 Å². The van der Waals surface area contributed by atoms with Crippen LogP contribution >= 0.6 is 0 Å². The molecule has 3 aromatic carbocycles. The minimum absolute atomic E-state index is 0.0706. The van der Waals surface area contributed by atoms with Gasteiger partial charge in [-0.3, -0.25) is 9.59 Å². The molecule has 1 amide bonds. The van der Waals surface area contributed by atoms with Gasteiger partial charge in [0.25, 0.3) is 11.7 Å². The number of likely N-dealkylation sites (N-methyl/N-ethyl adjacent to an activating group) is 1. The molecule has 39 heavy (non-hydrogen) atoms. The highest BCUT2D eigenvalue weighted by Crippen LogP contribution is 2.40. The molecule has 0 aromatic heterocycles. The van der Waals surface area contributed by atoms with E-state index < -0.39 is 17.7 Å². The maximum Gasteiger partial charge on any atom is 0.295 e. The molecule has 1 aliphatic rings. The first-order valence-corrected chi connectivity index (χ1v) is 13.3. The summed E-state index contributed by atoms with van der Waals surface area (Å²) in [6, 6.07) is 21.5. The van der Waals surface area contributed by atoms with E-state index in [4.69, 9.17) is 9.47 Å². The third-order valence-electron chi connectivity index (χ3n) is 7.12. The van der Waals surface area contributed by atoms with Crippen LogP contribution < -0.4 is 9.47 Å². The second-order valence-corrected chi connectivity index (χ2v) is 9.60. The van der Waals surface area contributed by atoms with Crippen molar-refractivity contribution in [3.63, 3.8) is 0 Å². The molecule has 204 valence electrons. The van der Waals surface area contributed by atoms with Crippen molar-refractivity contribution in [2.45, 2.75) is 33.4 Å². The molecular formula is C32H36N2O5. The number of nitrogens with zero attached hydrogens (tertiary/aromatic N) is 2. The summed E-state index contributed by atoms with van der Waals surface area (Å²) >= 11 is 0. The maximum atomic E-state index is 13.3. The Morgan fingerprint density at radius 3 is 2.33 bits per heavy atom. The minimum Gasteiger partial charge on any atom is -0.507 e. The molecule has 1 N–H and O–H groups in total. The van der Waals surface area contributed by atoms with Gasteiger partial charge < -0.3 is 24.4 Å². The number of hydrogen-bond acceptors (Lipinski definition) is 6. The third kappa shape index (κ3) is 6.32. The van der Waals surface area contributed by atoms with Crippen molar-refractivity contribution < 1.29 is 24.2 Å². The summed E-state index contributed by atoms with van der Waals surface area (Å²) in [6.07, 6.45) is 0. The Balaban J connectivity index is 1.65. The fourth-order valence-electron chi connectivity index (χ4n) is 4.89. The van der Waals surface area contributed by atoms with Gasteiger partial charge in [0, 0.05) is 18.7 Å². The lowest BCUT2D eigenvalue weighted by molar-refractivity contribution is -0.140. The number of hydrogen-bond donors (Lipinski definition) is 1. The first-order chi connectivity index (χ1) is 18.9. The molecule has 0 bridgehead atoms. The number of ketones is 1. The van der Waals surface area contributed by atoms with Gasteiger partial charge in [-0.25, -0.2) is 0 Å². The fourth-order valence-corrected chi connectivity index (χ4v) is 4.89. The lowest BCUT2D eigenvalue weighted by Gasteiger charge is -2.28. The molecule has 0 radical (unpaired) electrons. The molecule has 1 saturated heterocycles. The molecule has 0 aliphatic carbocycles. The molecule has 1 atom stereocenters. The minimum atomic E-state index is -0.729. The average molecular weight is 529 g/mol. The van der Waals surface area contributed by atoms with Gasteiger partial charge in [0.15, 0.2) is 0 Å². The number of carbonyl (C=O) groups excluding carboxylic acids is 2. The number of Topliss-reactive ketones (excluding diaryl/α,β-unsaturated/α-hetero) is 1. The van der Waals surface area contributed by atoms with E-state index >= 15 is 0 Å². The van der Waals surface area contributed by atoms with Crippen molar-refractivity contribution >= 4 is 17.4 Å². The molecule has 0 saturated carbocycles. The molecule has 4 rings (SSSR count). The van der Waals surface area contributed by atoms with Crippen LogP contribution in [0.25, 0.3) is 5.76 Å². The third-order valence-corrected chi connectivity index (χ3v) is 7.12. The summed E-state index contributed by atoms with van der Waals surface area (Å²) in [7, 11) is 1.57. The van der Waals surface area contributed by atoms with E-state index in [1.807, 2.05) is 37.3 Å². The first kappa shape index (κ1) is 27.9. The summed E-state index contributed by atoms with van der Waals surface area (Å²) in [4.78, 5) is 30.3. The van der Waals surface area contributed by atoms with E-state index in [0.717, 1.165) is 24.2 Å². The molecule has 1 fully saturated rings. The molecule has 1 heterocycles. The van der Waals surface area contributed by atoms with E-state index in [0.29, 0.717) is 42.3 Å². The Morgan fingerprint density at radius 2 is 1.67 bits per heavy atom. The highest BCUT2D eigenvalue weighted by molar-refractivity contribution is 6.46. The first-order valence-electron chi connectivity index (χ1n) is 13.3. The standard InChI is InChI=1S/C32H36N2O5/c1-5-33(6-2)17-18-34-29(25-11-8-12-27(20-25)38-4)28(31(36)32(34)37)30(35)24-13-15-26(16-14-24)39-21-23-10-7-9-22(3)19-23/h7-16,19-20,29,35H,5-6,17-18,21H2,1-4H3/b30-28-. The van der Waals surface area contributed by atoms with Crippen molar-refractivity contribution in [1.29, 1.82) is 0 Å². The summed E-state index contributed by atoms with van der Waals surface area (Å²) in [5.41, 5.74) is 3.43. The fraction of sp³-hybridized carbons (Fsp3) is 0.312. The number of benzene rings is 3. The molecule has 7 nitrogen and oxygen atoms in total. The molecule has 3 aromatic rings. The highest BCUT2D eigenvalue weighted by atomic mass is 16.5. The van der Waals surface area contributed by atoms with Crippen molar-refractivity contribution in [2.75, 3.05) is 33.3 Å². The molecule has 1 aliphatic heterocycles. The van der Waals surface area contributed by atoms with Crippen LogP contribution in [-0.2, 0) is 16.2 Å². The number of aliphatic hydroxyl groups excluding tert-OH is 1. The normalized spacial score (nSPS) is 16.6. The average Bonchev–Trinajstić information content (AvgIpc) is 3.21. The quantitative estimate of drug-likeness (QED) is 0.205. The summed E-state index contributed by atoms with van der Waals surface area (Å²) < 4.78 is 11.3. The van der Waals surface area contributed by atoms with Gasteiger partial charge in [-0.1, -0.05) is 55.8 Å². The Morgan fingerprint density at radius 1 is 0.949 bits per heavy atom. The topological polar surface area (TPSA) is 79.3 Å². The van der Waals surface area contributed by atoms with Crippen molar-refractivity contribution in [1.82, 2.24) is 9.80 Å². The smallest absolute Gasteiger partial charge is 0.295 e. The molecule has 1 unspecified atom stereocenters. The number of ether oxygens (including phenoxy) is 2. The number of aryl methyl sites for hydroxylation is 1. The van der Waals surface area contributed by atoms with Gasteiger partial charge in [-0.05, 0) is 67.5 Å². The van der Waals surface area contributed by atoms with Gasteiger partial charge in [0.05, 0.1) is 18.7 Å². The van der Waals surface area contributed by atoms with Gasteiger partial charge in [-0.15, -0.1) is 0 Å². The van der Waals surface area contributed by atoms with Crippen molar-refractivity contribution in [2.24, 2.45) is 0 Å². The summed E-state index contributed by atoms with van der Waals surface area (Å²) in [5.74, 6) is -0.278.